The van der Waals surface area contributed by atoms with Gasteiger partial charge in [-0.15, -0.1) is 0 Å². The standard InChI is InChI=1S/C10H13N3O/c1-7-8(2)13(6-12-7)10-4-3-9(5-11)14-10/h3-4,6H,5,11H2,1-2H3. The van der Waals surface area contributed by atoms with Crippen molar-refractivity contribution in [3.05, 3.63) is 35.6 Å². The van der Waals surface area contributed by atoms with Crippen LogP contribution < -0.4 is 5.73 Å². The van der Waals surface area contributed by atoms with Gasteiger partial charge in [-0.25, -0.2) is 4.98 Å². The minimum absolute atomic E-state index is 0.423. The van der Waals surface area contributed by atoms with E-state index >= 15 is 0 Å². The van der Waals surface area contributed by atoms with E-state index in [2.05, 4.69) is 4.98 Å². The highest BCUT2D eigenvalue weighted by molar-refractivity contribution is 5.26. The van der Waals surface area contributed by atoms with Gasteiger partial charge >= 0.3 is 0 Å². The Morgan fingerprint density at radius 1 is 1.43 bits per heavy atom. The van der Waals surface area contributed by atoms with Crippen molar-refractivity contribution in [1.29, 1.82) is 0 Å². The summed E-state index contributed by atoms with van der Waals surface area (Å²) in [6, 6.07) is 3.78. The van der Waals surface area contributed by atoms with Gasteiger partial charge in [0, 0.05) is 11.8 Å². The first kappa shape index (κ1) is 9.02. The molecule has 2 aromatic rings. The normalized spacial score (nSPS) is 10.8. The largest absolute Gasteiger partial charge is 0.443 e. The summed E-state index contributed by atoms with van der Waals surface area (Å²) in [6.45, 7) is 4.40. The first-order valence-corrected chi connectivity index (χ1v) is 4.52. The van der Waals surface area contributed by atoms with Crippen molar-refractivity contribution in [2.24, 2.45) is 5.73 Å². The van der Waals surface area contributed by atoms with E-state index in [1.807, 2.05) is 30.5 Å². The Balaban J connectivity index is 2.44. The average Bonchev–Trinajstić information content (AvgIpc) is 2.75. The van der Waals surface area contributed by atoms with Crippen LogP contribution in [0.15, 0.2) is 22.9 Å². The lowest BCUT2D eigenvalue weighted by Gasteiger charge is -1.99. The molecule has 0 bridgehead atoms. The van der Waals surface area contributed by atoms with Gasteiger partial charge in [0.05, 0.1) is 12.2 Å². The minimum atomic E-state index is 0.423. The van der Waals surface area contributed by atoms with E-state index in [1.165, 1.54) is 0 Å². The van der Waals surface area contributed by atoms with Crippen molar-refractivity contribution in [2.75, 3.05) is 0 Å². The zero-order valence-corrected chi connectivity index (χ0v) is 8.32. The third-order valence-electron chi connectivity index (χ3n) is 2.34. The maximum atomic E-state index is 5.51. The van der Waals surface area contributed by atoms with E-state index in [-0.39, 0.29) is 0 Å². The van der Waals surface area contributed by atoms with Crippen LogP contribution in [-0.2, 0) is 6.54 Å². The predicted octanol–water partition coefficient (Wildman–Crippen LogP) is 1.54. The summed E-state index contributed by atoms with van der Waals surface area (Å²) in [4.78, 5) is 4.20. The zero-order valence-electron chi connectivity index (χ0n) is 8.32. The fourth-order valence-electron chi connectivity index (χ4n) is 1.33. The molecular formula is C10H13N3O. The highest BCUT2D eigenvalue weighted by Gasteiger charge is 2.07. The molecule has 4 heteroatoms. The van der Waals surface area contributed by atoms with E-state index in [0.29, 0.717) is 6.54 Å². The highest BCUT2D eigenvalue weighted by Crippen LogP contribution is 2.16. The molecule has 0 aromatic carbocycles. The van der Waals surface area contributed by atoms with Crippen LogP contribution in [-0.4, -0.2) is 9.55 Å². The third-order valence-corrected chi connectivity index (χ3v) is 2.34. The fraction of sp³-hybridized carbons (Fsp3) is 0.300. The van der Waals surface area contributed by atoms with Crippen molar-refractivity contribution in [3.8, 4) is 5.88 Å². The smallest absolute Gasteiger partial charge is 0.205 e. The fourth-order valence-corrected chi connectivity index (χ4v) is 1.33. The Morgan fingerprint density at radius 2 is 2.21 bits per heavy atom. The Labute approximate surface area is 82.4 Å². The molecule has 0 saturated heterocycles. The number of imidazole rings is 1. The highest BCUT2D eigenvalue weighted by atomic mass is 16.4. The number of rotatable bonds is 2. The molecule has 0 spiro atoms. The van der Waals surface area contributed by atoms with Gasteiger partial charge in [-0.05, 0) is 19.9 Å². The second kappa shape index (κ2) is 3.31. The molecule has 0 fully saturated rings. The zero-order chi connectivity index (χ0) is 10.1. The SMILES string of the molecule is Cc1ncn(-c2ccc(CN)o2)c1C. The summed E-state index contributed by atoms with van der Waals surface area (Å²) in [6.07, 6.45) is 1.75. The molecule has 0 atom stereocenters. The molecular weight excluding hydrogens is 178 g/mol. The van der Waals surface area contributed by atoms with Crippen LogP contribution in [0.25, 0.3) is 5.88 Å². The van der Waals surface area contributed by atoms with Crippen LogP contribution in [0.5, 0.6) is 0 Å². The van der Waals surface area contributed by atoms with Gasteiger partial charge in [0.1, 0.15) is 12.1 Å². The van der Waals surface area contributed by atoms with E-state index in [9.17, 15) is 0 Å². The molecule has 4 nitrogen and oxygen atoms in total. The van der Waals surface area contributed by atoms with Gasteiger partial charge in [-0.3, -0.25) is 4.57 Å². The number of hydrogen-bond acceptors (Lipinski definition) is 3. The third kappa shape index (κ3) is 1.33. The van der Waals surface area contributed by atoms with Crippen LogP contribution >= 0.6 is 0 Å². The number of aryl methyl sites for hydroxylation is 1. The topological polar surface area (TPSA) is 57.0 Å². The number of hydrogen-bond donors (Lipinski definition) is 1. The number of nitrogens with two attached hydrogens (primary N) is 1. The van der Waals surface area contributed by atoms with Gasteiger partial charge in [0.25, 0.3) is 0 Å². The summed E-state index contributed by atoms with van der Waals surface area (Å²) in [5.41, 5.74) is 7.56. The maximum Gasteiger partial charge on any atom is 0.205 e. The molecule has 0 unspecified atom stereocenters. The van der Waals surface area contributed by atoms with Crippen LogP contribution in [0.4, 0.5) is 0 Å². The lowest BCUT2D eigenvalue weighted by atomic mass is 10.4. The van der Waals surface area contributed by atoms with Crippen molar-refractivity contribution in [1.82, 2.24) is 9.55 Å². The Morgan fingerprint density at radius 3 is 2.71 bits per heavy atom. The molecule has 14 heavy (non-hydrogen) atoms. The monoisotopic (exact) mass is 191 g/mol. The molecule has 2 N–H and O–H groups in total. The minimum Gasteiger partial charge on any atom is -0.443 e. The maximum absolute atomic E-state index is 5.51. The van der Waals surface area contributed by atoms with Crippen LogP contribution in [0, 0.1) is 13.8 Å². The van der Waals surface area contributed by atoms with Gasteiger partial charge in [-0.2, -0.15) is 0 Å². The second-order valence-electron chi connectivity index (χ2n) is 3.23. The van der Waals surface area contributed by atoms with Crippen LogP contribution in [0.1, 0.15) is 17.1 Å². The first-order chi connectivity index (χ1) is 6.72. The van der Waals surface area contributed by atoms with E-state index in [0.717, 1.165) is 23.0 Å². The van der Waals surface area contributed by atoms with E-state index in [4.69, 9.17) is 10.2 Å². The molecule has 0 radical (unpaired) electrons. The number of furan rings is 1. The van der Waals surface area contributed by atoms with Gasteiger partial charge in [0.2, 0.25) is 5.88 Å². The summed E-state index contributed by atoms with van der Waals surface area (Å²) < 4.78 is 7.42. The average molecular weight is 191 g/mol. The summed E-state index contributed by atoms with van der Waals surface area (Å²) in [5.74, 6) is 1.55. The number of nitrogens with zero attached hydrogens (tertiary/aromatic N) is 2. The molecule has 0 aliphatic rings. The molecule has 2 heterocycles. The molecule has 0 amide bonds. The predicted molar refractivity (Wildman–Crippen MR) is 53.2 cm³/mol. The molecule has 0 aliphatic carbocycles. The van der Waals surface area contributed by atoms with E-state index in [1.54, 1.807) is 6.33 Å². The lowest BCUT2D eigenvalue weighted by Crippen LogP contribution is -1.95. The van der Waals surface area contributed by atoms with Gasteiger partial charge < -0.3 is 10.2 Å². The molecule has 2 rings (SSSR count). The quantitative estimate of drug-likeness (QED) is 0.783. The van der Waals surface area contributed by atoms with Crippen LogP contribution in [0.2, 0.25) is 0 Å². The summed E-state index contributed by atoms with van der Waals surface area (Å²) in [7, 11) is 0. The van der Waals surface area contributed by atoms with Crippen molar-refractivity contribution < 1.29 is 4.42 Å². The molecule has 0 aliphatic heterocycles. The van der Waals surface area contributed by atoms with E-state index < -0.39 is 0 Å². The Kier molecular flexibility index (Phi) is 2.13. The lowest BCUT2D eigenvalue weighted by molar-refractivity contribution is 0.489. The van der Waals surface area contributed by atoms with Gasteiger partial charge in [-0.1, -0.05) is 0 Å². The van der Waals surface area contributed by atoms with Crippen molar-refractivity contribution >= 4 is 0 Å². The van der Waals surface area contributed by atoms with Crippen LogP contribution in [0.3, 0.4) is 0 Å². The second-order valence-corrected chi connectivity index (χ2v) is 3.23. The molecule has 2 aromatic heterocycles. The summed E-state index contributed by atoms with van der Waals surface area (Å²) in [5, 5.41) is 0. The van der Waals surface area contributed by atoms with Crippen molar-refractivity contribution in [2.45, 2.75) is 20.4 Å². The summed E-state index contributed by atoms with van der Waals surface area (Å²) >= 11 is 0. The van der Waals surface area contributed by atoms with Crippen molar-refractivity contribution in [3.63, 3.8) is 0 Å². The molecule has 0 saturated carbocycles. The van der Waals surface area contributed by atoms with Gasteiger partial charge in [0.15, 0.2) is 0 Å². The Hall–Kier alpha value is -1.55. The number of aromatic nitrogens is 2. The Bertz CT molecular complexity index is 442. The first-order valence-electron chi connectivity index (χ1n) is 4.52. The molecule has 74 valence electrons.